The summed E-state index contributed by atoms with van der Waals surface area (Å²) in [5.74, 6) is -1.93. The van der Waals surface area contributed by atoms with Crippen LogP contribution in [0.15, 0.2) is 18.2 Å². The number of hydrogen-bond donors (Lipinski definition) is 2. The minimum atomic E-state index is -0.540. The predicted octanol–water partition coefficient (Wildman–Crippen LogP) is 1.51. The molecule has 1 rings (SSSR count). The number of hydrogen-bond acceptors (Lipinski definition) is 5. The second-order valence-electron chi connectivity index (χ2n) is 4.51. The van der Waals surface area contributed by atoms with Gasteiger partial charge in [0, 0.05) is 6.04 Å². The number of esters is 1. The molecule has 0 fully saturated rings. The number of para-hydroxylation sites is 1. The van der Waals surface area contributed by atoms with Crippen LogP contribution in [0.1, 0.15) is 31.1 Å². The number of nitrogens with zero attached hydrogens (tertiary/aromatic N) is 1. The zero-order chi connectivity index (χ0) is 15.3. The lowest BCUT2D eigenvalue weighted by atomic mass is 10.1. The van der Waals surface area contributed by atoms with Crippen LogP contribution in [0.3, 0.4) is 0 Å². The van der Waals surface area contributed by atoms with Crippen molar-refractivity contribution >= 4 is 11.9 Å². The number of phenolic OH excluding ortho intramolecular Hbond substituents is 2. The Morgan fingerprint density at radius 2 is 1.95 bits per heavy atom. The molecule has 0 aliphatic heterocycles. The van der Waals surface area contributed by atoms with Gasteiger partial charge < -0.3 is 19.8 Å². The van der Waals surface area contributed by atoms with E-state index in [0.717, 1.165) is 0 Å². The highest BCUT2D eigenvalue weighted by molar-refractivity contribution is 5.99. The topological polar surface area (TPSA) is 87.1 Å². The number of aromatic hydroxyl groups is 2. The maximum absolute atomic E-state index is 12.3. The monoisotopic (exact) mass is 281 g/mol. The average molecular weight is 281 g/mol. The van der Waals surface area contributed by atoms with Crippen molar-refractivity contribution in [2.45, 2.75) is 26.8 Å². The van der Waals surface area contributed by atoms with Crippen LogP contribution in [-0.4, -0.2) is 46.2 Å². The lowest BCUT2D eigenvalue weighted by Crippen LogP contribution is -2.41. The van der Waals surface area contributed by atoms with Gasteiger partial charge in [-0.1, -0.05) is 6.07 Å². The molecule has 0 radical (unpaired) electrons. The van der Waals surface area contributed by atoms with Gasteiger partial charge >= 0.3 is 5.97 Å². The molecule has 0 aromatic heterocycles. The van der Waals surface area contributed by atoms with Gasteiger partial charge in [0.15, 0.2) is 11.5 Å². The van der Waals surface area contributed by atoms with Gasteiger partial charge in [-0.2, -0.15) is 0 Å². The van der Waals surface area contributed by atoms with Crippen LogP contribution in [0.4, 0.5) is 0 Å². The first kappa shape index (κ1) is 15.8. The minimum absolute atomic E-state index is 0.0528. The molecule has 1 amide bonds. The molecule has 0 unspecified atom stereocenters. The molecule has 1 aromatic rings. The summed E-state index contributed by atoms with van der Waals surface area (Å²) in [7, 11) is 0. The maximum Gasteiger partial charge on any atom is 0.325 e. The standard InChI is InChI=1S/C14H19NO5/c1-4-20-12(17)8-15(9(2)3)14(19)10-6-5-7-11(16)13(10)18/h5-7,9,16,18H,4,8H2,1-3H3. The van der Waals surface area contributed by atoms with Gasteiger partial charge in [-0.3, -0.25) is 9.59 Å². The Morgan fingerprint density at radius 3 is 2.50 bits per heavy atom. The van der Waals surface area contributed by atoms with Crippen molar-refractivity contribution < 1.29 is 24.5 Å². The second-order valence-corrected chi connectivity index (χ2v) is 4.51. The summed E-state index contributed by atoms with van der Waals surface area (Å²) in [5.41, 5.74) is -0.0528. The fraction of sp³-hybridized carbons (Fsp3) is 0.429. The zero-order valence-electron chi connectivity index (χ0n) is 11.8. The second kappa shape index (κ2) is 6.79. The van der Waals surface area contributed by atoms with Gasteiger partial charge in [-0.25, -0.2) is 0 Å². The fourth-order valence-electron chi connectivity index (χ4n) is 1.69. The van der Waals surface area contributed by atoms with Crippen molar-refractivity contribution in [1.29, 1.82) is 0 Å². The lowest BCUT2D eigenvalue weighted by Gasteiger charge is -2.26. The highest BCUT2D eigenvalue weighted by atomic mass is 16.5. The molecule has 2 N–H and O–H groups in total. The molecule has 20 heavy (non-hydrogen) atoms. The van der Waals surface area contributed by atoms with E-state index in [2.05, 4.69) is 0 Å². The number of amides is 1. The number of carbonyl (C=O) groups excluding carboxylic acids is 2. The molecule has 6 heteroatoms. The summed E-state index contributed by atoms with van der Waals surface area (Å²) in [6, 6.07) is 3.86. The summed E-state index contributed by atoms with van der Waals surface area (Å²) in [6.45, 7) is 5.20. The Labute approximate surface area is 117 Å². The molecule has 0 heterocycles. The summed E-state index contributed by atoms with van der Waals surface area (Å²) in [4.78, 5) is 25.1. The van der Waals surface area contributed by atoms with Gasteiger partial charge in [0.25, 0.3) is 5.91 Å². The number of benzene rings is 1. The Morgan fingerprint density at radius 1 is 1.30 bits per heavy atom. The third kappa shape index (κ3) is 3.63. The van der Waals surface area contributed by atoms with Gasteiger partial charge in [-0.05, 0) is 32.9 Å². The molecule has 0 saturated carbocycles. The molecule has 0 bridgehead atoms. The van der Waals surface area contributed by atoms with Crippen molar-refractivity contribution in [1.82, 2.24) is 4.90 Å². The van der Waals surface area contributed by atoms with E-state index < -0.39 is 17.6 Å². The number of phenols is 2. The van der Waals surface area contributed by atoms with E-state index in [1.807, 2.05) is 0 Å². The van der Waals surface area contributed by atoms with Crippen LogP contribution in [-0.2, 0) is 9.53 Å². The summed E-state index contributed by atoms with van der Waals surface area (Å²) >= 11 is 0. The molecule has 1 aromatic carbocycles. The van der Waals surface area contributed by atoms with E-state index in [1.54, 1.807) is 20.8 Å². The molecule has 6 nitrogen and oxygen atoms in total. The Bertz CT molecular complexity index is 498. The van der Waals surface area contributed by atoms with Crippen molar-refractivity contribution in [2.75, 3.05) is 13.2 Å². The van der Waals surface area contributed by atoms with Crippen LogP contribution < -0.4 is 0 Å². The van der Waals surface area contributed by atoms with Crippen LogP contribution in [0.25, 0.3) is 0 Å². The molecule has 0 atom stereocenters. The maximum atomic E-state index is 12.3. The normalized spacial score (nSPS) is 10.4. The van der Waals surface area contributed by atoms with E-state index in [4.69, 9.17) is 4.74 Å². The van der Waals surface area contributed by atoms with Crippen LogP contribution in [0.2, 0.25) is 0 Å². The summed E-state index contributed by atoms with van der Waals surface area (Å²) < 4.78 is 4.82. The molecule has 0 spiro atoms. The van der Waals surface area contributed by atoms with Gasteiger partial charge in [0.1, 0.15) is 6.54 Å². The van der Waals surface area contributed by atoms with E-state index >= 15 is 0 Å². The van der Waals surface area contributed by atoms with Crippen molar-refractivity contribution in [2.24, 2.45) is 0 Å². The smallest absolute Gasteiger partial charge is 0.325 e. The molecule has 0 aliphatic rings. The van der Waals surface area contributed by atoms with E-state index in [-0.39, 0.29) is 30.5 Å². The van der Waals surface area contributed by atoms with Gasteiger partial charge in [-0.15, -0.1) is 0 Å². The third-order valence-electron chi connectivity index (χ3n) is 2.73. The van der Waals surface area contributed by atoms with E-state index in [0.29, 0.717) is 0 Å². The minimum Gasteiger partial charge on any atom is -0.504 e. The van der Waals surface area contributed by atoms with Crippen LogP contribution >= 0.6 is 0 Å². The van der Waals surface area contributed by atoms with Gasteiger partial charge in [0.2, 0.25) is 0 Å². The number of carbonyl (C=O) groups is 2. The number of ether oxygens (including phenoxy) is 1. The predicted molar refractivity (Wildman–Crippen MR) is 72.6 cm³/mol. The fourth-order valence-corrected chi connectivity index (χ4v) is 1.69. The Balaban J connectivity index is 3.00. The first-order chi connectivity index (χ1) is 9.38. The van der Waals surface area contributed by atoms with Crippen molar-refractivity contribution in [3.8, 4) is 11.5 Å². The molecule has 0 saturated heterocycles. The highest BCUT2D eigenvalue weighted by Crippen LogP contribution is 2.29. The quantitative estimate of drug-likeness (QED) is 0.631. The first-order valence-electron chi connectivity index (χ1n) is 6.36. The van der Waals surface area contributed by atoms with Gasteiger partial charge in [0.05, 0.1) is 12.2 Å². The van der Waals surface area contributed by atoms with Crippen molar-refractivity contribution in [3.63, 3.8) is 0 Å². The van der Waals surface area contributed by atoms with Crippen molar-refractivity contribution in [3.05, 3.63) is 23.8 Å². The molecule has 0 aliphatic carbocycles. The van der Waals surface area contributed by atoms with Crippen LogP contribution in [0, 0.1) is 0 Å². The largest absolute Gasteiger partial charge is 0.504 e. The number of rotatable bonds is 5. The summed E-state index contributed by atoms with van der Waals surface area (Å²) in [5, 5.41) is 19.1. The molecular formula is C14H19NO5. The van der Waals surface area contributed by atoms with E-state index in [1.165, 1.54) is 23.1 Å². The third-order valence-corrected chi connectivity index (χ3v) is 2.73. The highest BCUT2D eigenvalue weighted by Gasteiger charge is 2.25. The molecular weight excluding hydrogens is 262 g/mol. The van der Waals surface area contributed by atoms with Crippen LogP contribution in [0.5, 0.6) is 11.5 Å². The van der Waals surface area contributed by atoms with E-state index in [9.17, 15) is 19.8 Å². The Hall–Kier alpha value is -2.24. The first-order valence-corrected chi connectivity index (χ1v) is 6.36. The zero-order valence-corrected chi connectivity index (χ0v) is 11.8. The average Bonchev–Trinajstić information content (AvgIpc) is 2.38. The SMILES string of the molecule is CCOC(=O)CN(C(=O)c1cccc(O)c1O)C(C)C. The molecule has 110 valence electrons. The lowest BCUT2D eigenvalue weighted by molar-refractivity contribution is -0.144. The summed E-state index contributed by atoms with van der Waals surface area (Å²) in [6.07, 6.45) is 0. The Kier molecular flexibility index (Phi) is 5.37.